The van der Waals surface area contributed by atoms with Crippen molar-refractivity contribution in [1.29, 1.82) is 0 Å². The van der Waals surface area contributed by atoms with E-state index in [9.17, 15) is 4.79 Å². The molecule has 2 aliphatic rings. The number of hydrogen-bond donors (Lipinski definition) is 2. The lowest BCUT2D eigenvalue weighted by Crippen LogP contribution is -2.54. The Morgan fingerprint density at radius 3 is 2.67 bits per heavy atom. The van der Waals surface area contributed by atoms with Gasteiger partial charge in [-0.2, -0.15) is 0 Å². The summed E-state index contributed by atoms with van der Waals surface area (Å²) in [5.74, 6) is -0.653. The van der Waals surface area contributed by atoms with Crippen molar-refractivity contribution in [1.82, 2.24) is 4.90 Å². The third kappa shape index (κ3) is 1.92. The number of likely N-dealkylation sites (tertiary alicyclic amines) is 1. The first-order chi connectivity index (χ1) is 7.17. The number of aliphatic hydroxyl groups is 1. The number of carboxylic acid groups (broad SMARTS) is 1. The van der Waals surface area contributed by atoms with Crippen molar-refractivity contribution in [3.8, 4) is 0 Å². The van der Waals surface area contributed by atoms with E-state index >= 15 is 0 Å². The van der Waals surface area contributed by atoms with Crippen LogP contribution in [0.5, 0.6) is 0 Å². The molecule has 86 valence electrons. The van der Waals surface area contributed by atoms with Gasteiger partial charge in [0.15, 0.2) is 5.79 Å². The second kappa shape index (κ2) is 3.96. The molecule has 6 heteroatoms. The molecular weight excluding hydrogens is 202 g/mol. The van der Waals surface area contributed by atoms with Gasteiger partial charge in [-0.15, -0.1) is 0 Å². The van der Waals surface area contributed by atoms with E-state index in [-0.39, 0.29) is 6.61 Å². The number of aliphatic hydroxyl groups excluding tert-OH is 1. The van der Waals surface area contributed by atoms with Crippen molar-refractivity contribution in [3.05, 3.63) is 0 Å². The van der Waals surface area contributed by atoms with Gasteiger partial charge >= 0.3 is 6.09 Å². The number of rotatable bonds is 1. The van der Waals surface area contributed by atoms with E-state index in [1.807, 2.05) is 0 Å². The molecular formula is C9H15NO5. The summed E-state index contributed by atoms with van der Waals surface area (Å²) in [4.78, 5) is 12.1. The molecule has 0 radical (unpaired) electrons. The van der Waals surface area contributed by atoms with Gasteiger partial charge < -0.3 is 24.6 Å². The van der Waals surface area contributed by atoms with E-state index in [2.05, 4.69) is 0 Å². The van der Waals surface area contributed by atoms with Crippen molar-refractivity contribution in [2.75, 3.05) is 26.4 Å². The second-order valence-corrected chi connectivity index (χ2v) is 3.87. The molecule has 1 spiro atoms. The van der Waals surface area contributed by atoms with Crippen LogP contribution in [-0.2, 0) is 9.47 Å². The van der Waals surface area contributed by atoms with Gasteiger partial charge in [0.25, 0.3) is 0 Å². The van der Waals surface area contributed by atoms with Crippen molar-refractivity contribution in [2.24, 2.45) is 0 Å². The number of hydrogen-bond acceptors (Lipinski definition) is 4. The van der Waals surface area contributed by atoms with E-state index < -0.39 is 17.9 Å². The predicted molar refractivity (Wildman–Crippen MR) is 49.5 cm³/mol. The first-order valence-electron chi connectivity index (χ1n) is 5.05. The maximum absolute atomic E-state index is 10.9. The van der Waals surface area contributed by atoms with Crippen molar-refractivity contribution >= 4 is 6.09 Å². The molecule has 2 fully saturated rings. The summed E-state index contributed by atoms with van der Waals surface area (Å²) in [6.45, 7) is 1.25. The molecule has 2 N–H and O–H groups in total. The molecule has 15 heavy (non-hydrogen) atoms. The minimum absolute atomic E-state index is 0.194. The topological polar surface area (TPSA) is 79.2 Å². The number of piperidine rings is 1. The Balaban J connectivity index is 2.05. The molecule has 2 rings (SSSR count). The van der Waals surface area contributed by atoms with Crippen LogP contribution in [0.25, 0.3) is 0 Å². The predicted octanol–water partition coefficient (Wildman–Crippen LogP) is -0.136. The van der Waals surface area contributed by atoms with E-state index in [1.54, 1.807) is 0 Å². The summed E-state index contributed by atoms with van der Waals surface area (Å²) in [5.41, 5.74) is 0. The van der Waals surface area contributed by atoms with Crippen LogP contribution in [-0.4, -0.2) is 59.4 Å². The normalized spacial score (nSPS) is 29.7. The molecule has 0 aromatic carbocycles. The Kier molecular flexibility index (Phi) is 2.81. The third-order valence-corrected chi connectivity index (χ3v) is 2.99. The van der Waals surface area contributed by atoms with Crippen LogP contribution >= 0.6 is 0 Å². The zero-order valence-electron chi connectivity index (χ0n) is 8.39. The number of ether oxygens (including phenoxy) is 2. The largest absolute Gasteiger partial charge is 0.465 e. The van der Waals surface area contributed by atoms with Crippen LogP contribution in [0.15, 0.2) is 0 Å². The van der Waals surface area contributed by atoms with Crippen molar-refractivity contribution in [2.45, 2.75) is 24.7 Å². The number of amides is 1. The highest BCUT2D eigenvalue weighted by Crippen LogP contribution is 2.34. The van der Waals surface area contributed by atoms with Gasteiger partial charge in [-0.25, -0.2) is 4.79 Å². The fourth-order valence-corrected chi connectivity index (χ4v) is 2.22. The van der Waals surface area contributed by atoms with Gasteiger partial charge in [0.2, 0.25) is 0 Å². The van der Waals surface area contributed by atoms with Crippen LogP contribution in [0.3, 0.4) is 0 Å². The quantitative estimate of drug-likeness (QED) is 0.639. The first-order valence-corrected chi connectivity index (χ1v) is 5.05. The monoisotopic (exact) mass is 217 g/mol. The van der Waals surface area contributed by atoms with Gasteiger partial charge in [-0.1, -0.05) is 0 Å². The van der Waals surface area contributed by atoms with Gasteiger partial charge in [-0.3, -0.25) is 0 Å². The summed E-state index contributed by atoms with van der Waals surface area (Å²) < 4.78 is 11.0. The van der Waals surface area contributed by atoms with Gasteiger partial charge in [0.1, 0.15) is 0 Å². The zero-order chi connectivity index (χ0) is 10.9. The number of nitrogens with zero attached hydrogens (tertiary/aromatic N) is 1. The Bertz CT molecular complexity index is 251. The van der Waals surface area contributed by atoms with Gasteiger partial charge in [0.05, 0.1) is 25.9 Å². The summed E-state index contributed by atoms with van der Waals surface area (Å²) in [7, 11) is 0. The minimum atomic E-state index is -0.998. The highest BCUT2D eigenvalue weighted by atomic mass is 16.7. The summed E-state index contributed by atoms with van der Waals surface area (Å²) >= 11 is 0. The molecule has 1 amide bonds. The SMILES string of the molecule is O=C(O)N1CCC2(C[C@H]1CO)OCCO2. The molecule has 6 nitrogen and oxygen atoms in total. The smallest absolute Gasteiger partial charge is 0.407 e. The maximum atomic E-state index is 10.9. The lowest BCUT2D eigenvalue weighted by molar-refractivity contribution is -0.195. The summed E-state index contributed by atoms with van der Waals surface area (Å²) in [5, 5.41) is 18.0. The minimum Gasteiger partial charge on any atom is -0.465 e. The van der Waals surface area contributed by atoms with Crippen LogP contribution in [0.4, 0.5) is 4.79 Å². The molecule has 0 bridgehead atoms. The molecule has 0 aliphatic carbocycles. The van der Waals surface area contributed by atoms with Crippen LogP contribution in [0, 0.1) is 0 Å². The molecule has 1 atom stereocenters. The standard InChI is InChI=1S/C9H15NO5/c11-6-7-5-9(14-3-4-15-9)1-2-10(7)8(12)13/h7,11H,1-6H2,(H,12,13)/t7-/m0/s1. The molecule has 0 aromatic rings. The molecule has 0 saturated carbocycles. The van der Waals surface area contributed by atoms with Gasteiger partial charge in [0, 0.05) is 19.4 Å². The molecule has 2 saturated heterocycles. The van der Waals surface area contributed by atoms with E-state index in [0.717, 1.165) is 0 Å². The fourth-order valence-electron chi connectivity index (χ4n) is 2.22. The molecule has 2 aliphatic heterocycles. The van der Waals surface area contributed by atoms with E-state index in [1.165, 1.54) is 4.90 Å². The highest BCUT2D eigenvalue weighted by molar-refractivity contribution is 5.65. The van der Waals surface area contributed by atoms with E-state index in [4.69, 9.17) is 19.7 Å². The Labute approximate surface area is 87.4 Å². The first kappa shape index (κ1) is 10.7. The number of carbonyl (C=O) groups is 1. The van der Waals surface area contributed by atoms with Crippen molar-refractivity contribution < 1.29 is 24.5 Å². The van der Waals surface area contributed by atoms with E-state index in [0.29, 0.717) is 32.6 Å². The van der Waals surface area contributed by atoms with Gasteiger partial charge in [-0.05, 0) is 0 Å². The molecule has 2 heterocycles. The van der Waals surface area contributed by atoms with Crippen LogP contribution in [0.1, 0.15) is 12.8 Å². The zero-order valence-corrected chi connectivity index (χ0v) is 8.39. The molecule has 0 aromatic heterocycles. The average molecular weight is 217 g/mol. The Morgan fingerprint density at radius 1 is 1.47 bits per heavy atom. The summed E-state index contributed by atoms with van der Waals surface area (Å²) in [6, 6.07) is -0.422. The Hall–Kier alpha value is -0.850. The third-order valence-electron chi connectivity index (χ3n) is 2.99. The molecule has 0 unspecified atom stereocenters. The average Bonchev–Trinajstić information content (AvgIpc) is 2.66. The van der Waals surface area contributed by atoms with Crippen LogP contribution in [0.2, 0.25) is 0 Å². The maximum Gasteiger partial charge on any atom is 0.407 e. The van der Waals surface area contributed by atoms with Crippen molar-refractivity contribution in [3.63, 3.8) is 0 Å². The lowest BCUT2D eigenvalue weighted by atomic mass is 9.97. The lowest BCUT2D eigenvalue weighted by Gasteiger charge is -2.41. The van der Waals surface area contributed by atoms with Crippen LogP contribution < -0.4 is 0 Å². The second-order valence-electron chi connectivity index (χ2n) is 3.87. The Morgan fingerprint density at radius 2 is 2.13 bits per heavy atom. The highest BCUT2D eigenvalue weighted by Gasteiger charge is 2.45. The fraction of sp³-hybridized carbons (Fsp3) is 0.889. The summed E-state index contributed by atoms with van der Waals surface area (Å²) in [6.07, 6.45) is -0.0482.